The second kappa shape index (κ2) is 5.44. The first-order chi connectivity index (χ1) is 10.1. The van der Waals surface area contributed by atoms with E-state index in [0.717, 1.165) is 24.0 Å². The maximum atomic E-state index is 11.7. The van der Waals surface area contributed by atoms with Crippen molar-refractivity contribution in [2.24, 2.45) is 11.1 Å². The number of oxime groups is 1. The van der Waals surface area contributed by atoms with Crippen molar-refractivity contribution < 1.29 is 19.2 Å². The Morgan fingerprint density at radius 1 is 1.38 bits per heavy atom. The van der Waals surface area contributed by atoms with Crippen molar-refractivity contribution in [1.29, 1.82) is 0 Å². The Balaban J connectivity index is 1.85. The van der Waals surface area contributed by atoms with E-state index in [1.807, 2.05) is 0 Å². The normalized spacial score (nSPS) is 19.3. The zero-order valence-corrected chi connectivity index (χ0v) is 11.6. The summed E-state index contributed by atoms with van der Waals surface area (Å²) in [5.41, 5.74) is 2.64. The summed E-state index contributed by atoms with van der Waals surface area (Å²) in [5, 5.41) is 13.6. The van der Waals surface area contributed by atoms with Crippen LogP contribution in [0.4, 0.5) is 0 Å². The van der Waals surface area contributed by atoms with Gasteiger partial charge in [-0.15, -0.1) is 0 Å². The minimum Gasteiger partial charge on any atom is -0.508 e. The zero-order valence-electron chi connectivity index (χ0n) is 11.6. The highest BCUT2D eigenvalue weighted by Gasteiger charge is 2.22. The summed E-state index contributed by atoms with van der Waals surface area (Å²) in [6, 6.07) is 8.28. The second-order valence-electron chi connectivity index (χ2n) is 5.25. The van der Waals surface area contributed by atoms with E-state index < -0.39 is 5.97 Å². The van der Waals surface area contributed by atoms with E-state index in [2.05, 4.69) is 12.1 Å². The number of carbonyl (C=O) groups excluding carboxylic acids is 1. The quantitative estimate of drug-likeness (QED) is 0.679. The molecular formula is C16H15NO4. The summed E-state index contributed by atoms with van der Waals surface area (Å²) in [5.74, 6) is 0.107. The summed E-state index contributed by atoms with van der Waals surface area (Å²) >= 11 is 0. The van der Waals surface area contributed by atoms with Gasteiger partial charge < -0.3 is 14.4 Å². The van der Waals surface area contributed by atoms with Gasteiger partial charge in [0.2, 0.25) is 5.76 Å². The highest BCUT2D eigenvalue weighted by Crippen LogP contribution is 2.28. The van der Waals surface area contributed by atoms with Crippen molar-refractivity contribution >= 4 is 11.7 Å². The smallest absolute Gasteiger partial charge is 0.400 e. The number of phenolic OH excluding ortho intramolecular Hbond substituents is 1. The van der Waals surface area contributed by atoms with Crippen LogP contribution in [0.1, 0.15) is 35.0 Å². The lowest BCUT2D eigenvalue weighted by Gasteiger charge is -2.22. The monoisotopic (exact) mass is 285 g/mol. The zero-order chi connectivity index (χ0) is 14.8. The lowest BCUT2D eigenvalue weighted by molar-refractivity contribution is 0.0478. The van der Waals surface area contributed by atoms with Gasteiger partial charge in [0.15, 0.2) is 0 Å². The van der Waals surface area contributed by atoms with Gasteiger partial charge >= 0.3 is 5.97 Å². The molecule has 0 amide bonds. The summed E-state index contributed by atoms with van der Waals surface area (Å²) in [6.07, 6.45) is 3.00. The molecule has 3 rings (SSSR count). The van der Waals surface area contributed by atoms with Crippen LogP contribution in [-0.4, -0.2) is 16.8 Å². The van der Waals surface area contributed by atoms with Crippen molar-refractivity contribution in [3.63, 3.8) is 0 Å². The molecule has 21 heavy (non-hydrogen) atoms. The maximum Gasteiger partial charge on any atom is 0.400 e. The van der Waals surface area contributed by atoms with E-state index in [1.165, 1.54) is 12.3 Å². The number of hydrogen-bond donors (Lipinski definition) is 1. The maximum absolute atomic E-state index is 11.7. The molecule has 0 radical (unpaired) electrons. The Kier molecular flexibility index (Phi) is 3.48. The van der Waals surface area contributed by atoms with Crippen LogP contribution in [0.25, 0.3) is 0 Å². The number of fused-ring (bicyclic) bond motifs is 1. The van der Waals surface area contributed by atoms with E-state index in [1.54, 1.807) is 24.3 Å². The summed E-state index contributed by atoms with van der Waals surface area (Å²) in [4.78, 5) is 16.7. The van der Waals surface area contributed by atoms with Gasteiger partial charge in [-0.3, -0.25) is 0 Å². The molecule has 5 heteroatoms. The predicted molar refractivity (Wildman–Crippen MR) is 76.3 cm³/mol. The number of phenols is 1. The Labute approximate surface area is 121 Å². The minimum atomic E-state index is -0.619. The number of benzene rings is 1. The molecule has 2 aromatic rings. The van der Waals surface area contributed by atoms with Crippen LogP contribution < -0.4 is 0 Å². The SMILES string of the molecule is CC1C/C(=N\OC(=O)c2ccco2)c2ccc(O)cc2C1. The molecule has 1 unspecified atom stereocenters. The van der Waals surface area contributed by atoms with Gasteiger partial charge in [-0.1, -0.05) is 12.1 Å². The summed E-state index contributed by atoms with van der Waals surface area (Å²) in [6.45, 7) is 2.09. The van der Waals surface area contributed by atoms with E-state index in [-0.39, 0.29) is 11.5 Å². The average Bonchev–Trinajstić information content (AvgIpc) is 2.97. The Bertz CT molecular complexity index is 688. The number of carbonyl (C=O) groups is 1. The van der Waals surface area contributed by atoms with Crippen molar-refractivity contribution in [3.05, 3.63) is 53.5 Å². The molecule has 1 N–H and O–H groups in total. The standard InChI is InChI=1S/C16H15NO4/c1-10-7-11-9-12(18)4-5-13(11)14(8-10)17-21-16(19)15-3-2-6-20-15/h2-6,9-10,18H,7-8H2,1H3/b17-14+. The fourth-order valence-electron chi connectivity index (χ4n) is 2.54. The van der Waals surface area contributed by atoms with Gasteiger partial charge in [-0.25, -0.2) is 4.79 Å². The van der Waals surface area contributed by atoms with Crippen LogP contribution >= 0.6 is 0 Å². The number of hydrogen-bond acceptors (Lipinski definition) is 5. The van der Waals surface area contributed by atoms with Crippen LogP contribution in [0.3, 0.4) is 0 Å². The van der Waals surface area contributed by atoms with E-state index >= 15 is 0 Å². The molecule has 0 saturated carbocycles. The number of furan rings is 1. The molecule has 0 fully saturated rings. The third-order valence-electron chi connectivity index (χ3n) is 3.47. The van der Waals surface area contributed by atoms with Gasteiger partial charge in [0.1, 0.15) is 5.75 Å². The highest BCUT2D eigenvalue weighted by molar-refractivity contribution is 6.03. The fraction of sp³-hybridized carbons (Fsp3) is 0.250. The molecule has 1 heterocycles. The van der Waals surface area contributed by atoms with Crippen molar-refractivity contribution in [1.82, 2.24) is 0 Å². The molecule has 0 aliphatic heterocycles. The molecular weight excluding hydrogens is 270 g/mol. The van der Waals surface area contributed by atoms with Crippen LogP contribution in [0, 0.1) is 5.92 Å². The van der Waals surface area contributed by atoms with E-state index in [9.17, 15) is 9.90 Å². The topological polar surface area (TPSA) is 72.0 Å². The van der Waals surface area contributed by atoms with Gasteiger partial charge in [-0.2, -0.15) is 0 Å². The molecule has 1 atom stereocenters. The van der Waals surface area contributed by atoms with E-state index in [0.29, 0.717) is 11.6 Å². The fourth-order valence-corrected chi connectivity index (χ4v) is 2.54. The first kappa shape index (κ1) is 13.4. The number of nitrogens with zero attached hydrogens (tertiary/aromatic N) is 1. The Hall–Kier alpha value is -2.56. The molecule has 1 aromatic carbocycles. The Morgan fingerprint density at radius 3 is 3.00 bits per heavy atom. The average molecular weight is 285 g/mol. The number of rotatable bonds is 2. The summed E-state index contributed by atoms with van der Waals surface area (Å²) < 4.78 is 4.96. The molecule has 108 valence electrons. The molecule has 1 aromatic heterocycles. The molecule has 0 saturated heterocycles. The predicted octanol–water partition coefficient (Wildman–Crippen LogP) is 3.13. The largest absolute Gasteiger partial charge is 0.508 e. The first-order valence-electron chi connectivity index (χ1n) is 6.77. The molecule has 1 aliphatic rings. The van der Waals surface area contributed by atoms with Gasteiger partial charge in [-0.05, 0) is 54.7 Å². The van der Waals surface area contributed by atoms with Crippen LogP contribution in [0.2, 0.25) is 0 Å². The van der Waals surface area contributed by atoms with E-state index in [4.69, 9.17) is 9.25 Å². The minimum absolute atomic E-state index is 0.120. The second-order valence-corrected chi connectivity index (χ2v) is 5.25. The molecule has 0 spiro atoms. The van der Waals surface area contributed by atoms with Crippen molar-refractivity contribution in [2.75, 3.05) is 0 Å². The molecule has 0 bridgehead atoms. The van der Waals surface area contributed by atoms with Crippen LogP contribution in [0.15, 0.2) is 46.2 Å². The lowest BCUT2D eigenvalue weighted by atomic mass is 9.83. The summed E-state index contributed by atoms with van der Waals surface area (Å²) in [7, 11) is 0. The van der Waals surface area contributed by atoms with Crippen molar-refractivity contribution in [2.45, 2.75) is 19.8 Å². The lowest BCUT2D eigenvalue weighted by Crippen LogP contribution is -2.19. The first-order valence-corrected chi connectivity index (χ1v) is 6.77. The van der Waals surface area contributed by atoms with Crippen molar-refractivity contribution in [3.8, 4) is 5.75 Å². The van der Waals surface area contributed by atoms with Gasteiger partial charge in [0.05, 0.1) is 12.0 Å². The molecule has 5 nitrogen and oxygen atoms in total. The molecule has 1 aliphatic carbocycles. The van der Waals surface area contributed by atoms with Crippen LogP contribution in [0.5, 0.6) is 5.75 Å². The van der Waals surface area contributed by atoms with Gasteiger partial charge in [0, 0.05) is 5.56 Å². The Morgan fingerprint density at radius 2 is 2.24 bits per heavy atom. The third-order valence-corrected chi connectivity index (χ3v) is 3.47. The number of aromatic hydroxyl groups is 1. The third kappa shape index (κ3) is 2.81. The van der Waals surface area contributed by atoms with Crippen LogP contribution in [-0.2, 0) is 11.3 Å². The van der Waals surface area contributed by atoms with Gasteiger partial charge in [0.25, 0.3) is 0 Å². The highest BCUT2D eigenvalue weighted by atomic mass is 16.7.